The van der Waals surface area contributed by atoms with Crippen molar-refractivity contribution >= 4 is 28.3 Å². The lowest BCUT2D eigenvalue weighted by Gasteiger charge is -2.05. The SMILES string of the molecule is COc1ccc(NC(=O)C(=O)c2cn(Cc3ccccc3)c3ccccc23)cc1. The number of benzene rings is 3. The Morgan fingerprint density at radius 2 is 1.59 bits per heavy atom. The summed E-state index contributed by atoms with van der Waals surface area (Å²) in [6.45, 7) is 0.620. The van der Waals surface area contributed by atoms with Crippen molar-refractivity contribution in [2.24, 2.45) is 0 Å². The number of ether oxygens (including phenoxy) is 1. The lowest BCUT2D eigenvalue weighted by atomic mass is 10.1. The van der Waals surface area contributed by atoms with Crippen LogP contribution in [-0.2, 0) is 11.3 Å². The minimum Gasteiger partial charge on any atom is -0.497 e. The van der Waals surface area contributed by atoms with Gasteiger partial charge < -0.3 is 14.6 Å². The average molecular weight is 384 g/mol. The normalized spacial score (nSPS) is 10.7. The first-order chi connectivity index (χ1) is 14.2. The third kappa shape index (κ3) is 3.89. The first-order valence-corrected chi connectivity index (χ1v) is 9.27. The van der Waals surface area contributed by atoms with E-state index in [-0.39, 0.29) is 0 Å². The molecule has 0 unspecified atom stereocenters. The van der Waals surface area contributed by atoms with E-state index < -0.39 is 11.7 Å². The monoisotopic (exact) mass is 384 g/mol. The fraction of sp³-hybridized carbons (Fsp3) is 0.0833. The molecule has 0 radical (unpaired) electrons. The molecule has 29 heavy (non-hydrogen) atoms. The minimum absolute atomic E-state index is 0.391. The van der Waals surface area contributed by atoms with Crippen LogP contribution in [-0.4, -0.2) is 23.4 Å². The van der Waals surface area contributed by atoms with Gasteiger partial charge in [-0.1, -0.05) is 48.5 Å². The second-order valence-corrected chi connectivity index (χ2v) is 6.69. The number of anilines is 1. The highest BCUT2D eigenvalue weighted by molar-refractivity contribution is 6.48. The van der Waals surface area contributed by atoms with Gasteiger partial charge in [0, 0.05) is 29.3 Å². The zero-order valence-corrected chi connectivity index (χ0v) is 16.0. The van der Waals surface area contributed by atoms with Crippen LogP contribution in [0, 0.1) is 0 Å². The molecule has 1 N–H and O–H groups in total. The molecule has 1 aromatic heterocycles. The van der Waals surface area contributed by atoms with Crippen molar-refractivity contribution in [3.8, 4) is 5.75 Å². The summed E-state index contributed by atoms with van der Waals surface area (Å²) >= 11 is 0. The van der Waals surface area contributed by atoms with Gasteiger partial charge in [0.25, 0.3) is 11.7 Å². The number of methoxy groups -OCH3 is 1. The highest BCUT2D eigenvalue weighted by Crippen LogP contribution is 2.24. The molecular weight excluding hydrogens is 364 g/mol. The largest absolute Gasteiger partial charge is 0.497 e. The molecule has 0 fully saturated rings. The number of para-hydroxylation sites is 1. The zero-order chi connectivity index (χ0) is 20.2. The minimum atomic E-state index is -0.669. The van der Waals surface area contributed by atoms with Gasteiger partial charge in [-0.3, -0.25) is 9.59 Å². The Hall–Kier alpha value is -3.86. The molecule has 0 saturated heterocycles. The van der Waals surface area contributed by atoms with Crippen LogP contribution in [0.25, 0.3) is 10.9 Å². The first-order valence-electron chi connectivity index (χ1n) is 9.27. The molecule has 0 aliphatic heterocycles. The van der Waals surface area contributed by atoms with Gasteiger partial charge in [-0.2, -0.15) is 0 Å². The Morgan fingerprint density at radius 3 is 2.31 bits per heavy atom. The van der Waals surface area contributed by atoms with E-state index in [0.29, 0.717) is 23.5 Å². The van der Waals surface area contributed by atoms with Gasteiger partial charge in [0.15, 0.2) is 0 Å². The van der Waals surface area contributed by atoms with E-state index in [4.69, 9.17) is 4.74 Å². The van der Waals surface area contributed by atoms with Crippen molar-refractivity contribution in [3.05, 3.63) is 96.2 Å². The van der Waals surface area contributed by atoms with Crippen LogP contribution in [0.1, 0.15) is 15.9 Å². The Morgan fingerprint density at radius 1 is 0.897 bits per heavy atom. The molecule has 0 spiro atoms. The number of carbonyl (C=O) groups excluding carboxylic acids is 2. The van der Waals surface area contributed by atoms with Crippen LogP contribution in [0.3, 0.4) is 0 Å². The maximum atomic E-state index is 12.9. The number of carbonyl (C=O) groups is 2. The third-order valence-corrected chi connectivity index (χ3v) is 4.78. The quantitative estimate of drug-likeness (QED) is 0.393. The molecule has 5 heteroatoms. The molecular formula is C24H20N2O3. The summed E-state index contributed by atoms with van der Waals surface area (Å²) in [5.41, 5.74) is 2.96. The summed E-state index contributed by atoms with van der Waals surface area (Å²) in [6, 6.07) is 24.5. The van der Waals surface area contributed by atoms with Crippen molar-refractivity contribution in [2.75, 3.05) is 12.4 Å². The predicted molar refractivity (Wildman–Crippen MR) is 113 cm³/mol. The van der Waals surface area contributed by atoms with E-state index >= 15 is 0 Å². The number of nitrogens with zero attached hydrogens (tertiary/aromatic N) is 1. The number of nitrogens with one attached hydrogen (secondary N) is 1. The fourth-order valence-electron chi connectivity index (χ4n) is 3.32. The summed E-state index contributed by atoms with van der Waals surface area (Å²) < 4.78 is 7.11. The highest BCUT2D eigenvalue weighted by Gasteiger charge is 2.21. The summed E-state index contributed by atoms with van der Waals surface area (Å²) in [4.78, 5) is 25.5. The number of Topliss-reactive ketones (excluding diaryl/α,β-unsaturated/α-hetero) is 1. The van der Waals surface area contributed by atoms with E-state index in [0.717, 1.165) is 16.5 Å². The van der Waals surface area contributed by atoms with Crippen LogP contribution in [0.2, 0.25) is 0 Å². The fourth-order valence-corrected chi connectivity index (χ4v) is 3.32. The van der Waals surface area contributed by atoms with Gasteiger partial charge in [0.05, 0.1) is 12.7 Å². The second-order valence-electron chi connectivity index (χ2n) is 6.69. The van der Waals surface area contributed by atoms with Crippen molar-refractivity contribution in [2.45, 2.75) is 6.54 Å². The summed E-state index contributed by atoms with van der Waals surface area (Å²) in [5.74, 6) is -0.556. The number of rotatable bonds is 6. The van der Waals surface area contributed by atoms with Crippen LogP contribution >= 0.6 is 0 Å². The number of aromatic nitrogens is 1. The van der Waals surface area contributed by atoms with E-state index in [1.165, 1.54) is 0 Å². The number of ketones is 1. The van der Waals surface area contributed by atoms with E-state index in [1.807, 2.05) is 59.2 Å². The Bertz CT molecular complexity index is 1160. The van der Waals surface area contributed by atoms with Gasteiger partial charge in [0.2, 0.25) is 0 Å². The first kappa shape index (κ1) is 18.5. The molecule has 0 bridgehead atoms. The summed E-state index contributed by atoms with van der Waals surface area (Å²) in [5, 5.41) is 3.42. The van der Waals surface area contributed by atoms with Crippen LogP contribution < -0.4 is 10.1 Å². The molecule has 3 aromatic carbocycles. The zero-order valence-electron chi connectivity index (χ0n) is 16.0. The third-order valence-electron chi connectivity index (χ3n) is 4.78. The molecule has 0 aliphatic carbocycles. The summed E-state index contributed by atoms with van der Waals surface area (Å²) in [6.07, 6.45) is 1.76. The topological polar surface area (TPSA) is 60.3 Å². The second kappa shape index (κ2) is 8.02. The predicted octanol–water partition coefficient (Wildman–Crippen LogP) is 4.52. The van der Waals surface area contributed by atoms with E-state index in [9.17, 15) is 9.59 Å². The van der Waals surface area contributed by atoms with E-state index in [2.05, 4.69) is 5.32 Å². The van der Waals surface area contributed by atoms with Crippen LogP contribution in [0.4, 0.5) is 5.69 Å². The maximum absolute atomic E-state index is 12.9. The molecule has 0 atom stereocenters. The Balaban J connectivity index is 1.62. The van der Waals surface area contributed by atoms with Crippen molar-refractivity contribution in [1.29, 1.82) is 0 Å². The molecule has 4 aromatic rings. The molecule has 5 nitrogen and oxygen atoms in total. The molecule has 0 saturated carbocycles. The lowest BCUT2D eigenvalue weighted by Crippen LogP contribution is -2.22. The molecule has 0 aliphatic rings. The van der Waals surface area contributed by atoms with Crippen molar-refractivity contribution < 1.29 is 14.3 Å². The van der Waals surface area contributed by atoms with Gasteiger partial charge in [-0.25, -0.2) is 0 Å². The number of fused-ring (bicyclic) bond motifs is 1. The molecule has 4 rings (SSSR count). The van der Waals surface area contributed by atoms with Gasteiger partial charge in [-0.05, 0) is 35.9 Å². The Kier molecular flexibility index (Phi) is 5.12. The standard InChI is InChI=1S/C24H20N2O3/c1-29-19-13-11-18(12-14-19)25-24(28)23(27)21-16-26(15-17-7-3-2-4-8-17)22-10-6-5-9-20(21)22/h2-14,16H,15H2,1H3,(H,25,28). The lowest BCUT2D eigenvalue weighted by molar-refractivity contribution is -0.112. The van der Waals surface area contributed by atoms with Gasteiger partial charge in [-0.15, -0.1) is 0 Å². The van der Waals surface area contributed by atoms with Crippen molar-refractivity contribution in [3.63, 3.8) is 0 Å². The Labute approximate surface area is 168 Å². The smallest absolute Gasteiger partial charge is 0.296 e. The van der Waals surface area contributed by atoms with E-state index in [1.54, 1.807) is 37.6 Å². The number of amides is 1. The summed E-state index contributed by atoms with van der Waals surface area (Å²) in [7, 11) is 1.57. The average Bonchev–Trinajstić information content (AvgIpc) is 3.13. The number of hydrogen-bond donors (Lipinski definition) is 1. The highest BCUT2D eigenvalue weighted by atomic mass is 16.5. The van der Waals surface area contributed by atoms with Crippen LogP contribution in [0.5, 0.6) is 5.75 Å². The molecule has 1 amide bonds. The maximum Gasteiger partial charge on any atom is 0.296 e. The van der Waals surface area contributed by atoms with Crippen LogP contribution in [0.15, 0.2) is 85.1 Å². The van der Waals surface area contributed by atoms with Gasteiger partial charge >= 0.3 is 0 Å². The number of hydrogen-bond acceptors (Lipinski definition) is 3. The van der Waals surface area contributed by atoms with Gasteiger partial charge in [0.1, 0.15) is 5.75 Å². The molecule has 1 heterocycles. The molecule has 144 valence electrons. The van der Waals surface area contributed by atoms with Crippen molar-refractivity contribution in [1.82, 2.24) is 4.57 Å².